The first kappa shape index (κ1) is 19.7. The van der Waals surface area contributed by atoms with Crippen molar-refractivity contribution in [3.63, 3.8) is 0 Å². The van der Waals surface area contributed by atoms with E-state index in [1.165, 1.54) is 21.5 Å². The number of nitro benzene ring substituents is 1. The number of para-hydroxylation sites is 2. The minimum Gasteiger partial charge on any atom is -0.296 e. The summed E-state index contributed by atoms with van der Waals surface area (Å²) in [5, 5.41) is 11.6. The largest absolute Gasteiger partial charge is 0.306 e. The van der Waals surface area contributed by atoms with E-state index in [2.05, 4.69) is 15.0 Å². The molecule has 0 amide bonds. The molecule has 1 atom stereocenters. The summed E-state index contributed by atoms with van der Waals surface area (Å²) in [6, 6.07) is 10.6. The molecule has 0 aliphatic carbocycles. The van der Waals surface area contributed by atoms with Gasteiger partial charge in [0.15, 0.2) is 11.3 Å². The minimum atomic E-state index is -0.955. The molecule has 3 heterocycles. The summed E-state index contributed by atoms with van der Waals surface area (Å²) >= 11 is 0. The van der Waals surface area contributed by atoms with Crippen molar-refractivity contribution in [2.45, 2.75) is 26.3 Å². The molecule has 0 spiro atoms. The molecular weight excluding hydrogens is 415 g/mol. The zero-order chi connectivity index (χ0) is 22.6. The Morgan fingerprint density at radius 2 is 1.84 bits per heavy atom. The summed E-state index contributed by atoms with van der Waals surface area (Å²) in [6.07, 6.45) is 2.18. The monoisotopic (exact) mass is 432 g/mol. The number of benzene rings is 2. The van der Waals surface area contributed by atoms with E-state index in [0.717, 1.165) is 18.6 Å². The summed E-state index contributed by atoms with van der Waals surface area (Å²) in [5.74, 6) is -0.955. The van der Waals surface area contributed by atoms with Crippen LogP contribution in [0.4, 0.5) is 10.1 Å². The Balaban J connectivity index is 1.97. The summed E-state index contributed by atoms with van der Waals surface area (Å²) in [5.41, 5.74) is 1.38. The molecule has 0 radical (unpaired) electrons. The van der Waals surface area contributed by atoms with Gasteiger partial charge in [-0.25, -0.2) is 15.0 Å². The van der Waals surface area contributed by atoms with E-state index in [-0.39, 0.29) is 28.3 Å². The van der Waals surface area contributed by atoms with Crippen LogP contribution in [0, 0.1) is 15.9 Å². The van der Waals surface area contributed by atoms with Gasteiger partial charge in [-0.05, 0) is 37.6 Å². The van der Waals surface area contributed by atoms with Gasteiger partial charge in [-0.2, -0.15) is 4.39 Å². The van der Waals surface area contributed by atoms with Gasteiger partial charge in [0.1, 0.15) is 17.2 Å². The van der Waals surface area contributed by atoms with Gasteiger partial charge in [0.25, 0.3) is 5.56 Å². The molecular formula is C22H17FN6O3. The summed E-state index contributed by atoms with van der Waals surface area (Å²) in [4.78, 5) is 37.8. The maximum Gasteiger partial charge on any atom is 0.306 e. The Bertz CT molecular complexity index is 1610. The first-order valence-corrected chi connectivity index (χ1v) is 10.0. The third-order valence-corrected chi connectivity index (χ3v) is 5.64. The molecule has 0 saturated carbocycles. The van der Waals surface area contributed by atoms with Crippen LogP contribution < -0.4 is 5.56 Å². The lowest BCUT2D eigenvalue weighted by molar-refractivity contribution is -0.387. The van der Waals surface area contributed by atoms with Crippen molar-refractivity contribution in [1.29, 1.82) is 0 Å². The van der Waals surface area contributed by atoms with E-state index in [1.54, 1.807) is 12.1 Å². The van der Waals surface area contributed by atoms with Gasteiger partial charge in [-0.1, -0.05) is 19.1 Å². The normalized spacial score (nSPS) is 12.6. The summed E-state index contributed by atoms with van der Waals surface area (Å²) in [6.45, 7) is 3.88. The highest BCUT2D eigenvalue weighted by Gasteiger charge is 2.23. The van der Waals surface area contributed by atoms with Gasteiger partial charge >= 0.3 is 5.69 Å². The number of aromatic nitrogens is 5. The van der Waals surface area contributed by atoms with Crippen LogP contribution in [0.3, 0.4) is 0 Å². The number of halogens is 1. The lowest BCUT2D eigenvalue weighted by Gasteiger charge is -2.12. The SMILES string of the molecule is CC[C@@H](C)n1cnc2c(c1=O)c1nc3ccccc3nc1n2-c1ccc(F)c([N+](=O)[O-])c1. The highest BCUT2D eigenvalue weighted by atomic mass is 19.1. The number of hydrogen-bond acceptors (Lipinski definition) is 6. The fourth-order valence-corrected chi connectivity index (χ4v) is 3.79. The van der Waals surface area contributed by atoms with Crippen LogP contribution in [0.25, 0.3) is 38.9 Å². The molecule has 0 aliphatic heterocycles. The molecule has 9 nitrogen and oxygen atoms in total. The van der Waals surface area contributed by atoms with Crippen LogP contribution in [0.15, 0.2) is 53.6 Å². The topological polar surface area (TPSA) is 109 Å². The van der Waals surface area contributed by atoms with E-state index in [0.29, 0.717) is 22.2 Å². The Labute approximate surface area is 179 Å². The molecule has 10 heteroatoms. The van der Waals surface area contributed by atoms with Crippen molar-refractivity contribution in [3.8, 4) is 5.69 Å². The third kappa shape index (κ3) is 2.83. The van der Waals surface area contributed by atoms with Gasteiger partial charge < -0.3 is 0 Å². The molecule has 160 valence electrons. The standard InChI is InChI=1S/C22H17FN6O3/c1-3-12(2)27-11-24-20-18(22(27)30)19-21(26-16-7-5-4-6-15(16)25-19)28(20)13-8-9-14(23)17(10-13)29(31)32/h4-12H,3H2,1-2H3/t12-/m1/s1. The molecule has 5 rings (SSSR count). The molecule has 0 unspecified atom stereocenters. The number of hydrogen-bond donors (Lipinski definition) is 0. The first-order valence-electron chi connectivity index (χ1n) is 10.0. The molecule has 32 heavy (non-hydrogen) atoms. The maximum absolute atomic E-state index is 14.0. The van der Waals surface area contributed by atoms with E-state index in [9.17, 15) is 19.3 Å². The van der Waals surface area contributed by atoms with Gasteiger partial charge in [0.05, 0.1) is 21.6 Å². The van der Waals surface area contributed by atoms with E-state index >= 15 is 0 Å². The smallest absolute Gasteiger partial charge is 0.296 e. The molecule has 0 saturated heterocycles. The number of rotatable bonds is 4. The molecule has 5 aromatic rings. The van der Waals surface area contributed by atoms with E-state index in [1.807, 2.05) is 26.0 Å². The summed E-state index contributed by atoms with van der Waals surface area (Å²) < 4.78 is 17.0. The van der Waals surface area contributed by atoms with Crippen molar-refractivity contribution in [3.05, 3.63) is 75.1 Å². The Kier molecular flexibility index (Phi) is 4.43. The van der Waals surface area contributed by atoms with Gasteiger partial charge in [-0.15, -0.1) is 0 Å². The van der Waals surface area contributed by atoms with Gasteiger partial charge in [0.2, 0.25) is 5.82 Å². The van der Waals surface area contributed by atoms with Crippen LogP contribution in [0.2, 0.25) is 0 Å². The van der Waals surface area contributed by atoms with Crippen molar-refractivity contribution >= 4 is 38.9 Å². The van der Waals surface area contributed by atoms with Crippen LogP contribution in [0.1, 0.15) is 26.3 Å². The fourth-order valence-electron chi connectivity index (χ4n) is 3.79. The van der Waals surface area contributed by atoms with E-state index < -0.39 is 16.4 Å². The van der Waals surface area contributed by atoms with Crippen molar-refractivity contribution < 1.29 is 9.31 Å². The molecule has 0 N–H and O–H groups in total. The number of fused-ring (bicyclic) bond motifs is 4. The van der Waals surface area contributed by atoms with Crippen LogP contribution in [0.5, 0.6) is 0 Å². The minimum absolute atomic E-state index is 0.0851. The van der Waals surface area contributed by atoms with Crippen molar-refractivity contribution in [2.24, 2.45) is 0 Å². The Morgan fingerprint density at radius 1 is 1.12 bits per heavy atom. The van der Waals surface area contributed by atoms with Gasteiger partial charge in [-0.3, -0.25) is 24.0 Å². The zero-order valence-corrected chi connectivity index (χ0v) is 17.2. The maximum atomic E-state index is 14.0. The van der Waals surface area contributed by atoms with E-state index in [4.69, 9.17) is 0 Å². The molecule has 0 fully saturated rings. The van der Waals surface area contributed by atoms with Gasteiger partial charge in [0, 0.05) is 12.1 Å². The highest BCUT2D eigenvalue weighted by molar-refractivity contribution is 6.05. The van der Waals surface area contributed by atoms with Crippen LogP contribution >= 0.6 is 0 Å². The predicted octanol–water partition coefficient (Wildman–Crippen LogP) is 4.30. The van der Waals surface area contributed by atoms with Crippen molar-refractivity contribution in [1.82, 2.24) is 24.1 Å². The second-order valence-corrected chi connectivity index (χ2v) is 7.53. The lowest BCUT2D eigenvalue weighted by atomic mass is 10.2. The zero-order valence-electron chi connectivity index (χ0n) is 17.2. The quantitative estimate of drug-likeness (QED) is 0.309. The third-order valence-electron chi connectivity index (χ3n) is 5.64. The number of nitro groups is 1. The van der Waals surface area contributed by atoms with Crippen LogP contribution in [-0.4, -0.2) is 29.0 Å². The number of nitrogens with zero attached hydrogens (tertiary/aromatic N) is 6. The fraction of sp³-hybridized carbons (Fsp3) is 0.182. The molecule has 0 aliphatic rings. The average molecular weight is 432 g/mol. The molecule has 3 aromatic heterocycles. The average Bonchev–Trinajstić information content (AvgIpc) is 3.11. The highest BCUT2D eigenvalue weighted by Crippen LogP contribution is 2.30. The Hall–Kier alpha value is -4.21. The second-order valence-electron chi connectivity index (χ2n) is 7.53. The first-order chi connectivity index (χ1) is 15.4. The predicted molar refractivity (Wildman–Crippen MR) is 118 cm³/mol. The van der Waals surface area contributed by atoms with Crippen molar-refractivity contribution in [2.75, 3.05) is 0 Å². The van der Waals surface area contributed by atoms with Crippen LogP contribution in [-0.2, 0) is 0 Å². The molecule has 2 aromatic carbocycles. The Morgan fingerprint density at radius 3 is 2.53 bits per heavy atom. The second kappa shape index (κ2) is 7.19. The summed E-state index contributed by atoms with van der Waals surface area (Å²) in [7, 11) is 0. The lowest BCUT2D eigenvalue weighted by Crippen LogP contribution is -2.23. The molecule has 0 bridgehead atoms.